The number of carbonyl (C=O) groups excluding carboxylic acids is 1. The molecule has 76 valence electrons. The maximum Gasteiger partial charge on any atom is 0.251 e. The minimum Gasteiger partial charge on any atom is -0.352 e. The molecule has 0 atom stereocenters. The van der Waals surface area contributed by atoms with Gasteiger partial charge in [0.25, 0.3) is 5.91 Å². The Morgan fingerprint density at radius 3 is 3.00 bits per heavy atom. The van der Waals surface area contributed by atoms with Gasteiger partial charge in [-0.15, -0.1) is 6.42 Å². The Balaban J connectivity index is 2.00. The third-order valence-corrected chi connectivity index (χ3v) is 2.54. The summed E-state index contributed by atoms with van der Waals surface area (Å²) in [6, 6.07) is 7.14. The van der Waals surface area contributed by atoms with E-state index in [1.807, 2.05) is 6.07 Å². The maximum absolute atomic E-state index is 11.7. The van der Waals surface area contributed by atoms with E-state index in [2.05, 4.69) is 11.2 Å². The van der Waals surface area contributed by atoms with Gasteiger partial charge >= 0.3 is 0 Å². The van der Waals surface area contributed by atoms with Gasteiger partial charge in [0.1, 0.15) is 0 Å². The molecule has 1 amide bonds. The van der Waals surface area contributed by atoms with Gasteiger partial charge in [0.15, 0.2) is 0 Å². The molecule has 2 nitrogen and oxygen atoms in total. The molecular formula is C13H13NO. The number of nitrogens with one attached hydrogen (secondary N) is 1. The number of amides is 1. The Bertz CT molecular complexity index is 413. The Morgan fingerprint density at radius 2 is 2.33 bits per heavy atom. The van der Waals surface area contributed by atoms with E-state index in [1.165, 1.54) is 12.8 Å². The molecule has 1 N–H and O–H groups in total. The van der Waals surface area contributed by atoms with Crippen LogP contribution in [0.5, 0.6) is 0 Å². The largest absolute Gasteiger partial charge is 0.352 e. The number of hydrogen-bond acceptors (Lipinski definition) is 1. The van der Waals surface area contributed by atoms with Crippen LogP contribution in [0, 0.1) is 18.3 Å². The van der Waals surface area contributed by atoms with E-state index in [9.17, 15) is 4.79 Å². The molecule has 0 bridgehead atoms. The average Bonchev–Trinajstić information content (AvgIpc) is 3.10. The van der Waals surface area contributed by atoms with Crippen molar-refractivity contribution in [1.29, 1.82) is 0 Å². The van der Waals surface area contributed by atoms with Gasteiger partial charge in [-0.1, -0.05) is 12.0 Å². The lowest BCUT2D eigenvalue weighted by Crippen LogP contribution is -2.25. The molecule has 1 saturated carbocycles. The minimum absolute atomic E-state index is 0.0287. The second-order valence-electron chi connectivity index (χ2n) is 3.88. The lowest BCUT2D eigenvalue weighted by Gasteiger charge is -2.03. The van der Waals surface area contributed by atoms with Gasteiger partial charge in [-0.3, -0.25) is 4.79 Å². The highest BCUT2D eigenvalue weighted by Crippen LogP contribution is 2.27. The zero-order valence-electron chi connectivity index (χ0n) is 8.49. The molecule has 0 spiro atoms. The summed E-state index contributed by atoms with van der Waals surface area (Å²) in [5.41, 5.74) is 1.39. The third kappa shape index (κ3) is 2.60. The van der Waals surface area contributed by atoms with E-state index in [0.29, 0.717) is 11.5 Å². The minimum atomic E-state index is -0.0287. The molecule has 1 aliphatic carbocycles. The topological polar surface area (TPSA) is 29.1 Å². The van der Waals surface area contributed by atoms with Crippen LogP contribution in [0.3, 0.4) is 0 Å². The van der Waals surface area contributed by atoms with Crippen molar-refractivity contribution >= 4 is 5.91 Å². The monoisotopic (exact) mass is 199 g/mol. The predicted octanol–water partition coefficient (Wildman–Crippen LogP) is 1.81. The van der Waals surface area contributed by atoms with Crippen molar-refractivity contribution in [3.05, 3.63) is 35.4 Å². The highest BCUT2D eigenvalue weighted by Gasteiger charge is 2.21. The summed E-state index contributed by atoms with van der Waals surface area (Å²) in [6.45, 7) is 0.791. The van der Waals surface area contributed by atoms with Gasteiger partial charge in [-0.05, 0) is 37.0 Å². The van der Waals surface area contributed by atoms with Gasteiger partial charge in [0.2, 0.25) is 0 Å². The summed E-state index contributed by atoms with van der Waals surface area (Å²) in [7, 11) is 0. The van der Waals surface area contributed by atoms with Crippen molar-refractivity contribution in [2.24, 2.45) is 5.92 Å². The predicted molar refractivity (Wildman–Crippen MR) is 59.4 cm³/mol. The number of rotatable bonds is 3. The summed E-state index contributed by atoms with van der Waals surface area (Å²) in [5.74, 6) is 3.19. The SMILES string of the molecule is C#Cc1cccc(C(=O)NCC2CC2)c1. The normalized spacial score (nSPS) is 14.3. The number of carbonyl (C=O) groups is 1. The van der Waals surface area contributed by atoms with Crippen LogP contribution in [0.25, 0.3) is 0 Å². The van der Waals surface area contributed by atoms with E-state index < -0.39 is 0 Å². The Kier molecular flexibility index (Phi) is 2.73. The lowest BCUT2D eigenvalue weighted by atomic mass is 10.1. The van der Waals surface area contributed by atoms with Crippen molar-refractivity contribution < 1.29 is 4.79 Å². The molecule has 0 unspecified atom stereocenters. The molecule has 0 aliphatic heterocycles. The average molecular weight is 199 g/mol. The van der Waals surface area contributed by atoms with Gasteiger partial charge in [-0.25, -0.2) is 0 Å². The van der Waals surface area contributed by atoms with Crippen molar-refractivity contribution in [3.63, 3.8) is 0 Å². The van der Waals surface area contributed by atoms with Crippen LogP contribution in [0.4, 0.5) is 0 Å². The van der Waals surface area contributed by atoms with Crippen LogP contribution in [0.15, 0.2) is 24.3 Å². The zero-order chi connectivity index (χ0) is 10.7. The van der Waals surface area contributed by atoms with E-state index in [-0.39, 0.29) is 5.91 Å². The number of benzene rings is 1. The maximum atomic E-state index is 11.7. The Morgan fingerprint density at radius 1 is 1.53 bits per heavy atom. The molecular weight excluding hydrogens is 186 g/mol. The first-order chi connectivity index (χ1) is 7.29. The molecule has 1 aromatic rings. The fourth-order valence-corrected chi connectivity index (χ4v) is 1.41. The van der Waals surface area contributed by atoms with Crippen molar-refractivity contribution in [3.8, 4) is 12.3 Å². The van der Waals surface area contributed by atoms with E-state index in [4.69, 9.17) is 6.42 Å². The lowest BCUT2D eigenvalue weighted by molar-refractivity contribution is 0.0952. The second kappa shape index (κ2) is 4.18. The molecule has 0 radical (unpaired) electrons. The molecule has 2 heteroatoms. The Hall–Kier alpha value is -1.75. The Labute approximate surface area is 89.7 Å². The fraction of sp³-hybridized carbons (Fsp3) is 0.308. The molecule has 0 saturated heterocycles. The molecule has 15 heavy (non-hydrogen) atoms. The van der Waals surface area contributed by atoms with Gasteiger partial charge < -0.3 is 5.32 Å². The molecule has 1 aliphatic rings. The number of hydrogen-bond donors (Lipinski definition) is 1. The third-order valence-electron chi connectivity index (χ3n) is 2.54. The summed E-state index contributed by atoms with van der Waals surface area (Å²) < 4.78 is 0. The van der Waals surface area contributed by atoms with Gasteiger partial charge in [0, 0.05) is 17.7 Å². The molecule has 1 aromatic carbocycles. The van der Waals surface area contributed by atoms with Crippen molar-refractivity contribution in [1.82, 2.24) is 5.32 Å². The van der Waals surface area contributed by atoms with Crippen LogP contribution >= 0.6 is 0 Å². The van der Waals surface area contributed by atoms with Crippen molar-refractivity contribution in [2.45, 2.75) is 12.8 Å². The first-order valence-electron chi connectivity index (χ1n) is 5.14. The van der Waals surface area contributed by atoms with Crippen LogP contribution in [-0.2, 0) is 0 Å². The van der Waals surface area contributed by atoms with E-state index in [1.54, 1.807) is 18.2 Å². The molecule has 0 aromatic heterocycles. The summed E-state index contributed by atoms with van der Waals surface area (Å²) in [4.78, 5) is 11.7. The van der Waals surface area contributed by atoms with Crippen LogP contribution in [0.2, 0.25) is 0 Å². The highest BCUT2D eigenvalue weighted by molar-refractivity contribution is 5.94. The zero-order valence-corrected chi connectivity index (χ0v) is 8.49. The number of terminal acetylenes is 1. The smallest absolute Gasteiger partial charge is 0.251 e. The van der Waals surface area contributed by atoms with Crippen LogP contribution in [0.1, 0.15) is 28.8 Å². The van der Waals surface area contributed by atoms with Crippen LogP contribution in [-0.4, -0.2) is 12.5 Å². The molecule has 2 rings (SSSR count). The quantitative estimate of drug-likeness (QED) is 0.739. The van der Waals surface area contributed by atoms with Crippen molar-refractivity contribution in [2.75, 3.05) is 6.54 Å². The van der Waals surface area contributed by atoms with E-state index >= 15 is 0 Å². The van der Waals surface area contributed by atoms with E-state index in [0.717, 1.165) is 12.1 Å². The standard InChI is InChI=1S/C13H13NO/c1-2-10-4-3-5-12(8-10)13(15)14-9-11-6-7-11/h1,3-5,8,11H,6-7,9H2,(H,14,15). The van der Waals surface area contributed by atoms with Gasteiger partial charge in [-0.2, -0.15) is 0 Å². The summed E-state index contributed by atoms with van der Waals surface area (Å²) in [6.07, 6.45) is 7.75. The summed E-state index contributed by atoms with van der Waals surface area (Å²) >= 11 is 0. The molecule has 1 fully saturated rings. The van der Waals surface area contributed by atoms with Crippen LogP contribution < -0.4 is 5.32 Å². The van der Waals surface area contributed by atoms with Gasteiger partial charge in [0.05, 0.1) is 0 Å². The first kappa shape index (κ1) is 9.79. The fourth-order valence-electron chi connectivity index (χ4n) is 1.41. The summed E-state index contributed by atoms with van der Waals surface area (Å²) in [5, 5.41) is 2.90. The molecule has 0 heterocycles. The first-order valence-corrected chi connectivity index (χ1v) is 5.14. The highest BCUT2D eigenvalue weighted by atomic mass is 16.1. The second-order valence-corrected chi connectivity index (χ2v) is 3.88.